The van der Waals surface area contributed by atoms with Gasteiger partial charge in [0.15, 0.2) is 0 Å². The highest BCUT2D eigenvalue weighted by atomic mass is 19.1. The van der Waals surface area contributed by atoms with Gasteiger partial charge in [0.1, 0.15) is 18.4 Å². The fourth-order valence-corrected chi connectivity index (χ4v) is 2.38. The highest BCUT2D eigenvalue weighted by Crippen LogP contribution is 2.19. The fourth-order valence-electron chi connectivity index (χ4n) is 2.38. The van der Waals surface area contributed by atoms with Crippen LogP contribution < -0.4 is 4.90 Å². The molecule has 1 amide bonds. The summed E-state index contributed by atoms with van der Waals surface area (Å²) in [6.07, 6.45) is 0. The molecule has 2 aromatic rings. The predicted octanol–water partition coefficient (Wildman–Crippen LogP) is 1.80. The van der Waals surface area contributed by atoms with Gasteiger partial charge in [0.2, 0.25) is 5.95 Å². The second kappa shape index (κ2) is 7.20. The first-order valence-electron chi connectivity index (χ1n) is 7.37. The number of carbonyl (C=O) groups excluding carboxylic acids is 2. The van der Waals surface area contributed by atoms with Crippen LogP contribution in [0, 0.1) is 19.8 Å². The average molecular weight is 334 g/mol. The molecule has 8 heteroatoms. The second-order valence-corrected chi connectivity index (χ2v) is 5.37. The minimum Gasteiger partial charge on any atom is -0.468 e. The van der Waals surface area contributed by atoms with Crippen LogP contribution in [-0.2, 0) is 14.3 Å². The first kappa shape index (κ1) is 17.6. The van der Waals surface area contributed by atoms with E-state index in [1.165, 1.54) is 19.2 Å². The molecular weight excluding hydrogens is 315 g/mol. The van der Waals surface area contributed by atoms with Crippen molar-refractivity contribution >= 4 is 17.7 Å². The Kier molecular flexibility index (Phi) is 5.28. The molecule has 0 aromatic carbocycles. The molecule has 0 saturated heterocycles. The number of carbonyl (C=O) groups is 2. The van der Waals surface area contributed by atoms with Crippen molar-refractivity contribution in [3.8, 4) is 0 Å². The second-order valence-electron chi connectivity index (χ2n) is 5.37. The Morgan fingerprint density at radius 1 is 1.38 bits per heavy atom. The van der Waals surface area contributed by atoms with Crippen LogP contribution in [-0.4, -0.2) is 40.3 Å². The normalized spacial score (nSPS) is 11.9. The molecule has 0 bridgehead atoms. The van der Waals surface area contributed by atoms with E-state index in [-0.39, 0.29) is 12.4 Å². The number of hydrogen-bond acceptors (Lipinski definition) is 5. The topological polar surface area (TPSA) is 77.3 Å². The summed E-state index contributed by atoms with van der Waals surface area (Å²) in [6, 6.07) is 5.19. The number of pyridine rings is 1. The number of anilines is 1. The lowest BCUT2D eigenvalue weighted by atomic mass is 10.2. The minimum atomic E-state index is -0.742. The highest BCUT2D eigenvalue weighted by molar-refractivity contribution is 5.98. The van der Waals surface area contributed by atoms with E-state index >= 15 is 0 Å². The lowest BCUT2D eigenvalue weighted by molar-refractivity contribution is -0.140. The quantitative estimate of drug-likeness (QED) is 0.615. The maximum Gasteiger partial charge on any atom is 0.325 e. The van der Waals surface area contributed by atoms with Crippen molar-refractivity contribution < 1.29 is 18.7 Å². The maximum atomic E-state index is 13.4. The SMILES string of the molecule is COC(=O)CN(C(=O)C(C)n1nc(C)cc1C)c1cccc(F)n1. The molecule has 0 aliphatic rings. The smallest absolute Gasteiger partial charge is 0.325 e. The molecule has 0 spiro atoms. The van der Waals surface area contributed by atoms with Crippen molar-refractivity contribution in [2.75, 3.05) is 18.6 Å². The summed E-state index contributed by atoms with van der Waals surface area (Å²) < 4.78 is 19.6. The summed E-state index contributed by atoms with van der Waals surface area (Å²) in [5.41, 5.74) is 1.58. The molecule has 0 fully saturated rings. The number of esters is 1. The van der Waals surface area contributed by atoms with Gasteiger partial charge in [0.05, 0.1) is 12.8 Å². The molecule has 24 heavy (non-hydrogen) atoms. The third-order valence-corrected chi connectivity index (χ3v) is 3.53. The van der Waals surface area contributed by atoms with E-state index < -0.39 is 23.9 Å². The Morgan fingerprint density at radius 3 is 2.62 bits per heavy atom. The van der Waals surface area contributed by atoms with Crippen LogP contribution in [0.4, 0.5) is 10.2 Å². The molecule has 7 nitrogen and oxygen atoms in total. The predicted molar refractivity (Wildman–Crippen MR) is 85.0 cm³/mol. The van der Waals surface area contributed by atoms with E-state index in [4.69, 9.17) is 0 Å². The van der Waals surface area contributed by atoms with E-state index in [1.54, 1.807) is 11.6 Å². The number of methoxy groups -OCH3 is 1. The Bertz CT molecular complexity index is 760. The van der Waals surface area contributed by atoms with E-state index in [0.717, 1.165) is 22.4 Å². The number of ether oxygens (including phenoxy) is 1. The van der Waals surface area contributed by atoms with Gasteiger partial charge >= 0.3 is 5.97 Å². The Balaban J connectivity index is 2.37. The molecule has 0 N–H and O–H groups in total. The van der Waals surface area contributed by atoms with Gasteiger partial charge in [-0.1, -0.05) is 6.07 Å². The van der Waals surface area contributed by atoms with Crippen molar-refractivity contribution in [1.82, 2.24) is 14.8 Å². The summed E-state index contributed by atoms with van der Waals surface area (Å²) in [5, 5.41) is 4.28. The van der Waals surface area contributed by atoms with Gasteiger partial charge in [-0.15, -0.1) is 0 Å². The zero-order valence-electron chi connectivity index (χ0n) is 14.0. The van der Waals surface area contributed by atoms with Gasteiger partial charge in [-0.25, -0.2) is 4.98 Å². The van der Waals surface area contributed by atoms with Crippen LogP contribution >= 0.6 is 0 Å². The maximum absolute atomic E-state index is 13.4. The molecule has 0 saturated carbocycles. The summed E-state index contributed by atoms with van der Waals surface area (Å²) >= 11 is 0. The number of nitrogens with zero attached hydrogens (tertiary/aromatic N) is 4. The van der Waals surface area contributed by atoms with Crippen molar-refractivity contribution in [2.24, 2.45) is 0 Å². The zero-order valence-corrected chi connectivity index (χ0v) is 14.0. The monoisotopic (exact) mass is 334 g/mol. The number of aryl methyl sites for hydroxylation is 2. The number of halogens is 1. The molecule has 2 aromatic heterocycles. The lowest BCUT2D eigenvalue weighted by Crippen LogP contribution is -2.41. The van der Waals surface area contributed by atoms with Gasteiger partial charge in [0, 0.05) is 5.69 Å². The van der Waals surface area contributed by atoms with E-state index in [1.807, 2.05) is 19.9 Å². The molecule has 0 radical (unpaired) electrons. The standard InChI is InChI=1S/C16H19FN4O3/c1-10-8-11(2)21(19-10)12(3)16(23)20(9-15(22)24-4)14-7-5-6-13(17)18-14/h5-8,12H,9H2,1-4H3. The fraction of sp³-hybridized carbons (Fsp3) is 0.375. The van der Waals surface area contributed by atoms with Crippen LogP contribution in [0.15, 0.2) is 24.3 Å². The van der Waals surface area contributed by atoms with E-state index in [9.17, 15) is 14.0 Å². The molecule has 1 atom stereocenters. The highest BCUT2D eigenvalue weighted by Gasteiger charge is 2.28. The molecule has 0 aliphatic heterocycles. The molecule has 2 heterocycles. The van der Waals surface area contributed by atoms with Gasteiger partial charge in [-0.2, -0.15) is 9.49 Å². The average Bonchev–Trinajstić information content (AvgIpc) is 2.89. The summed E-state index contributed by atoms with van der Waals surface area (Å²) in [5.74, 6) is -1.77. The summed E-state index contributed by atoms with van der Waals surface area (Å²) in [4.78, 5) is 29.3. The van der Waals surface area contributed by atoms with Crippen LogP contribution in [0.1, 0.15) is 24.4 Å². The number of rotatable bonds is 5. The zero-order chi connectivity index (χ0) is 17.9. The Labute approximate surface area is 139 Å². The van der Waals surface area contributed by atoms with Crippen LogP contribution in [0.25, 0.3) is 0 Å². The van der Waals surface area contributed by atoms with Crippen LogP contribution in [0.2, 0.25) is 0 Å². The Hall–Kier alpha value is -2.77. The first-order valence-corrected chi connectivity index (χ1v) is 7.37. The van der Waals surface area contributed by atoms with Crippen LogP contribution in [0.3, 0.4) is 0 Å². The van der Waals surface area contributed by atoms with Crippen molar-refractivity contribution in [3.63, 3.8) is 0 Å². The van der Waals surface area contributed by atoms with Crippen molar-refractivity contribution in [3.05, 3.63) is 41.6 Å². The molecular formula is C16H19FN4O3. The largest absolute Gasteiger partial charge is 0.468 e. The summed E-state index contributed by atoms with van der Waals surface area (Å²) in [7, 11) is 1.22. The van der Waals surface area contributed by atoms with Gasteiger partial charge < -0.3 is 4.74 Å². The Morgan fingerprint density at radius 2 is 2.08 bits per heavy atom. The third-order valence-electron chi connectivity index (χ3n) is 3.53. The molecule has 1 unspecified atom stereocenters. The lowest BCUT2D eigenvalue weighted by Gasteiger charge is -2.24. The van der Waals surface area contributed by atoms with Gasteiger partial charge in [0.25, 0.3) is 5.91 Å². The van der Waals surface area contributed by atoms with E-state index in [2.05, 4.69) is 14.8 Å². The molecule has 128 valence electrons. The number of aromatic nitrogens is 3. The van der Waals surface area contributed by atoms with Crippen molar-refractivity contribution in [2.45, 2.75) is 26.8 Å². The number of amides is 1. The summed E-state index contributed by atoms with van der Waals surface area (Å²) in [6.45, 7) is 4.94. The molecule has 2 rings (SSSR count). The molecule has 0 aliphatic carbocycles. The van der Waals surface area contributed by atoms with Gasteiger partial charge in [-0.05, 0) is 39.0 Å². The van der Waals surface area contributed by atoms with Crippen LogP contribution in [0.5, 0.6) is 0 Å². The third kappa shape index (κ3) is 3.76. The van der Waals surface area contributed by atoms with Gasteiger partial charge in [-0.3, -0.25) is 19.2 Å². The van der Waals surface area contributed by atoms with E-state index in [0.29, 0.717) is 0 Å². The van der Waals surface area contributed by atoms with Crippen molar-refractivity contribution in [1.29, 1.82) is 0 Å². The number of hydrogen-bond donors (Lipinski definition) is 0. The first-order chi connectivity index (χ1) is 11.3. The minimum absolute atomic E-state index is 0.0405.